The maximum atomic E-state index is 12.7. The number of fused-ring (bicyclic) bond motifs is 4. The molecule has 7 heteroatoms. The Balaban J connectivity index is 1.42. The zero-order chi connectivity index (χ0) is 16.8. The summed E-state index contributed by atoms with van der Waals surface area (Å²) in [5, 5.41) is 6.33. The van der Waals surface area contributed by atoms with Gasteiger partial charge in [0.2, 0.25) is 0 Å². The van der Waals surface area contributed by atoms with Crippen LogP contribution in [0.3, 0.4) is 0 Å². The summed E-state index contributed by atoms with van der Waals surface area (Å²) in [5.41, 5.74) is 1.53. The van der Waals surface area contributed by atoms with E-state index in [-0.39, 0.29) is 11.9 Å². The fraction of sp³-hybridized carbons (Fsp3) is 0.389. The molecule has 6 rings (SSSR count). The highest BCUT2D eigenvalue weighted by Crippen LogP contribution is 2.30. The van der Waals surface area contributed by atoms with Crippen LogP contribution < -0.4 is 5.32 Å². The van der Waals surface area contributed by atoms with E-state index in [0.717, 1.165) is 22.3 Å². The van der Waals surface area contributed by atoms with Crippen molar-refractivity contribution in [2.75, 3.05) is 19.6 Å². The quantitative estimate of drug-likeness (QED) is 0.785. The molecule has 0 unspecified atom stereocenters. The van der Waals surface area contributed by atoms with E-state index in [0.29, 0.717) is 11.6 Å². The van der Waals surface area contributed by atoms with E-state index in [9.17, 15) is 4.79 Å². The lowest BCUT2D eigenvalue weighted by Crippen LogP contribution is -2.57. The predicted molar refractivity (Wildman–Crippen MR) is 97.2 cm³/mol. The van der Waals surface area contributed by atoms with Gasteiger partial charge in [-0.25, -0.2) is 9.97 Å². The summed E-state index contributed by atoms with van der Waals surface area (Å²) < 4.78 is 3.04. The number of amides is 1. The van der Waals surface area contributed by atoms with Gasteiger partial charge < -0.3 is 14.8 Å². The Morgan fingerprint density at radius 2 is 2.20 bits per heavy atom. The first-order valence-corrected chi connectivity index (χ1v) is 9.55. The Labute approximate surface area is 149 Å². The third-order valence-electron chi connectivity index (χ3n) is 5.43. The molecule has 0 spiro atoms. The minimum Gasteiger partial charge on any atom is -0.346 e. The van der Waals surface area contributed by atoms with E-state index in [1.807, 2.05) is 16.8 Å². The molecule has 6 heterocycles. The Morgan fingerprint density at radius 3 is 2.92 bits per heavy atom. The molecule has 0 aromatic carbocycles. The average molecular weight is 353 g/mol. The lowest BCUT2D eigenvalue weighted by atomic mass is 9.84. The van der Waals surface area contributed by atoms with Gasteiger partial charge in [0.15, 0.2) is 0 Å². The second-order valence-electron chi connectivity index (χ2n) is 6.87. The molecule has 0 saturated carbocycles. The molecule has 6 nitrogen and oxygen atoms in total. The van der Waals surface area contributed by atoms with Crippen LogP contribution in [0.2, 0.25) is 0 Å². The van der Waals surface area contributed by atoms with Gasteiger partial charge in [-0.1, -0.05) is 0 Å². The molecular weight excluding hydrogens is 334 g/mol. The van der Waals surface area contributed by atoms with Crippen molar-refractivity contribution in [2.45, 2.75) is 18.9 Å². The molecule has 25 heavy (non-hydrogen) atoms. The number of carbonyl (C=O) groups is 1. The number of thiophene rings is 1. The summed E-state index contributed by atoms with van der Waals surface area (Å²) in [5.74, 6) is 0.545. The Kier molecular flexibility index (Phi) is 3.57. The third kappa shape index (κ3) is 2.63. The van der Waals surface area contributed by atoms with E-state index < -0.39 is 0 Å². The van der Waals surface area contributed by atoms with E-state index in [2.05, 4.69) is 25.6 Å². The molecular formula is C18H19N5OS. The fourth-order valence-electron chi connectivity index (χ4n) is 4.02. The highest BCUT2D eigenvalue weighted by atomic mass is 32.1. The summed E-state index contributed by atoms with van der Waals surface area (Å²) in [6.07, 6.45) is 9.61. The topological polar surface area (TPSA) is 63.1 Å². The molecule has 1 atom stereocenters. The predicted octanol–water partition coefficient (Wildman–Crippen LogP) is 2.31. The number of nitrogens with zero attached hydrogens (tertiary/aromatic N) is 4. The number of aromatic nitrogens is 3. The van der Waals surface area contributed by atoms with Crippen LogP contribution in [0.4, 0.5) is 0 Å². The molecule has 128 valence electrons. The van der Waals surface area contributed by atoms with Crippen molar-refractivity contribution in [3.05, 3.63) is 42.1 Å². The van der Waals surface area contributed by atoms with Crippen LogP contribution in [-0.4, -0.2) is 51.0 Å². The largest absolute Gasteiger partial charge is 0.346 e. The van der Waals surface area contributed by atoms with E-state index >= 15 is 0 Å². The van der Waals surface area contributed by atoms with Crippen LogP contribution in [0, 0.1) is 5.92 Å². The van der Waals surface area contributed by atoms with Crippen molar-refractivity contribution in [1.29, 1.82) is 0 Å². The van der Waals surface area contributed by atoms with Crippen molar-refractivity contribution in [3.63, 3.8) is 0 Å². The molecule has 3 aromatic heterocycles. The number of imidazole rings is 1. The lowest BCUT2D eigenvalue weighted by molar-refractivity contribution is 0.0618. The van der Waals surface area contributed by atoms with E-state index in [4.69, 9.17) is 0 Å². The Bertz CT molecular complexity index is 911. The monoisotopic (exact) mass is 353 g/mol. The average Bonchev–Trinajstić information content (AvgIpc) is 3.31. The number of pyridine rings is 1. The summed E-state index contributed by atoms with van der Waals surface area (Å²) in [7, 11) is 0. The first-order chi connectivity index (χ1) is 12.3. The molecule has 1 N–H and O–H groups in total. The summed E-state index contributed by atoms with van der Waals surface area (Å²) >= 11 is 1.63. The summed E-state index contributed by atoms with van der Waals surface area (Å²) in [6, 6.07) is 2.15. The first kappa shape index (κ1) is 15.0. The second kappa shape index (κ2) is 5.93. The van der Waals surface area contributed by atoms with Crippen molar-refractivity contribution in [3.8, 4) is 5.69 Å². The highest BCUT2D eigenvalue weighted by Gasteiger charge is 2.35. The van der Waals surface area contributed by atoms with Crippen LogP contribution >= 0.6 is 11.3 Å². The fourth-order valence-corrected chi connectivity index (χ4v) is 4.91. The van der Waals surface area contributed by atoms with Crippen molar-refractivity contribution in [1.82, 2.24) is 24.8 Å². The molecule has 0 aliphatic carbocycles. The SMILES string of the molecule is O=C(N[C@H]1CN2CCC1CC2)c1cc2c(-n3ccnc3)csc2cn1. The molecule has 3 saturated heterocycles. The zero-order valence-electron chi connectivity index (χ0n) is 13.8. The molecule has 1 amide bonds. The van der Waals surface area contributed by atoms with Gasteiger partial charge in [-0.05, 0) is 37.9 Å². The van der Waals surface area contributed by atoms with Gasteiger partial charge in [0.25, 0.3) is 5.91 Å². The number of hydrogen-bond donors (Lipinski definition) is 1. The van der Waals surface area contributed by atoms with Crippen LogP contribution in [-0.2, 0) is 0 Å². The second-order valence-corrected chi connectivity index (χ2v) is 7.79. The Morgan fingerprint density at radius 1 is 1.32 bits per heavy atom. The van der Waals surface area contributed by atoms with E-state index in [1.165, 1.54) is 25.9 Å². The summed E-state index contributed by atoms with van der Waals surface area (Å²) in [6.45, 7) is 3.31. The van der Waals surface area contributed by atoms with Gasteiger partial charge in [0.1, 0.15) is 5.69 Å². The van der Waals surface area contributed by atoms with Crippen molar-refractivity contribution < 1.29 is 4.79 Å². The number of rotatable bonds is 3. The molecule has 2 bridgehead atoms. The van der Waals surface area contributed by atoms with Crippen LogP contribution in [0.5, 0.6) is 0 Å². The van der Waals surface area contributed by atoms with Gasteiger partial charge in [-0.15, -0.1) is 11.3 Å². The van der Waals surface area contributed by atoms with Crippen LogP contribution in [0.25, 0.3) is 15.8 Å². The zero-order valence-corrected chi connectivity index (χ0v) is 14.6. The minimum atomic E-state index is -0.0663. The van der Waals surface area contributed by atoms with Crippen LogP contribution in [0.15, 0.2) is 36.4 Å². The van der Waals surface area contributed by atoms with Crippen LogP contribution in [0.1, 0.15) is 23.3 Å². The molecule has 3 aliphatic rings. The third-order valence-corrected chi connectivity index (χ3v) is 6.35. The molecule has 0 radical (unpaired) electrons. The molecule has 3 aromatic rings. The maximum Gasteiger partial charge on any atom is 0.270 e. The van der Waals surface area contributed by atoms with Gasteiger partial charge in [-0.2, -0.15) is 0 Å². The van der Waals surface area contributed by atoms with E-state index in [1.54, 1.807) is 30.1 Å². The molecule has 3 fully saturated rings. The maximum absolute atomic E-state index is 12.7. The van der Waals surface area contributed by atoms with Crippen molar-refractivity contribution >= 4 is 27.3 Å². The number of piperidine rings is 3. The Hall–Kier alpha value is -2.25. The minimum absolute atomic E-state index is 0.0663. The molecule has 3 aliphatic heterocycles. The number of carbonyl (C=O) groups excluding carboxylic acids is 1. The van der Waals surface area contributed by atoms with Gasteiger partial charge in [0.05, 0.1) is 16.7 Å². The smallest absolute Gasteiger partial charge is 0.270 e. The van der Waals surface area contributed by atoms with Gasteiger partial charge >= 0.3 is 0 Å². The number of nitrogens with one attached hydrogen (secondary N) is 1. The van der Waals surface area contributed by atoms with Crippen molar-refractivity contribution in [2.24, 2.45) is 5.92 Å². The first-order valence-electron chi connectivity index (χ1n) is 8.67. The van der Waals surface area contributed by atoms with Gasteiger partial charge in [0, 0.05) is 41.9 Å². The standard InChI is InChI=1S/C18H19N5OS/c24-18(21-15-9-22-4-1-12(15)2-5-22)14-7-13-16(23-6-3-19-11-23)10-25-17(13)8-20-14/h3,6-8,10-12,15H,1-2,4-5,9H2,(H,21,24)/t15-/m0/s1. The van der Waals surface area contributed by atoms with Gasteiger partial charge in [-0.3, -0.25) is 4.79 Å². The number of hydrogen-bond acceptors (Lipinski definition) is 5. The lowest BCUT2D eigenvalue weighted by Gasteiger charge is -2.44. The summed E-state index contributed by atoms with van der Waals surface area (Å²) in [4.78, 5) is 23.7. The normalized spacial score (nSPS) is 25.4. The highest BCUT2D eigenvalue weighted by molar-refractivity contribution is 7.17.